The van der Waals surface area contributed by atoms with Crippen LogP contribution in [0.3, 0.4) is 0 Å². The molecule has 3 aromatic heterocycles. The van der Waals surface area contributed by atoms with Gasteiger partial charge in [-0.1, -0.05) is 133 Å². The number of benzene rings is 8. The molecule has 284 valence electrons. The van der Waals surface area contributed by atoms with Crippen LogP contribution in [0.4, 0.5) is 17.1 Å². The molecule has 0 spiro atoms. The van der Waals surface area contributed by atoms with Crippen molar-refractivity contribution < 1.29 is 9.52 Å². The maximum atomic E-state index is 11.5. The lowest BCUT2D eigenvalue weighted by atomic mass is 10.0. The Balaban J connectivity index is 1.15. The summed E-state index contributed by atoms with van der Waals surface area (Å²) in [5.74, 6) is 0.758. The highest BCUT2D eigenvalue weighted by Crippen LogP contribution is 2.43. The molecule has 0 aliphatic heterocycles. The second-order valence-electron chi connectivity index (χ2n) is 14.8. The SMILES string of the molecule is Oc1ccc(-c2ccccc2)cc1-c1nc2c(-c3nc(-c4cccc(N(c5ccccc5)c5ccccc5)c4)cc4c3oc3ccccc34)cccc2n1-c1ccccc1. The van der Waals surface area contributed by atoms with Gasteiger partial charge in [0.05, 0.1) is 22.3 Å². The standard InChI is InChI=1S/C54H36N4O2/c59-49-32-31-37(36-17-5-1-6-18-36)34-46(49)54-56-51-44(28-16-29-48(51)58(54)41-24-11-4-12-25-41)52-53-45(43-27-13-14-30-50(43)60-53)35-47(55-52)38-19-15-26-42(33-38)57(39-20-7-2-8-21-39)40-22-9-3-10-23-40/h1-35,59H. The topological polar surface area (TPSA) is 67.3 Å². The molecule has 11 aromatic rings. The highest BCUT2D eigenvalue weighted by Gasteiger charge is 2.24. The van der Waals surface area contributed by atoms with E-state index in [0.717, 1.165) is 78.1 Å². The summed E-state index contributed by atoms with van der Waals surface area (Å²) in [6.45, 7) is 0. The molecular weight excluding hydrogens is 737 g/mol. The minimum absolute atomic E-state index is 0.142. The van der Waals surface area contributed by atoms with Gasteiger partial charge in [-0.2, -0.15) is 0 Å². The quantitative estimate of drug-likeness (QED) is 0.167. The Labute approximate surface area is 346 Å². The number of furan rings is 1. The molecule has 11 rings (SSSR count). The molecule has 0 atom stereocenters. The van der Waals surface area contributed by atoms with Crippen LogP contribution >= 0.6 is 0 Å². The summed E-state index contributed by atoms with van der Waals surface area (Å²) in [5, 5.41) is 13.5. The average molecular weight is 773 g/mol. The summed E-state index contributed by atoms with van der Waals surface area (Å²) in [5.41, 5.74) is 13.0. The smallest absolute Gasteiger partial charge is 0.161 e. The molecule has 1 N–H and O–H groups in total. The first-order valence-corrected chi connectivity index (χ1v) is 20.0. The predicted molar refractivity (Wildman–Crippen MR) is 244 cm³/mol. The van der Waals surface area contributed by atoms with Gasteiger partial charge in [-0.05, 0) is 90.0 Å². The zero-order valence-electron chi connectivity index (χ0n) is 32.4. The molecule has 0 unspecified atom stereocenters. The molecule has 0 saturated carbocycles. The average Bonchev–Trinajstić information content (AvgIpc) is 3.90. The molecular formula is C54H36N4O2. The first-order chi connectivity index (χ1) is 29.7. The van der Waals surface area contributed by atoms with E-state index in [1.165, 1.54) is 0 Å². The maximum absolute atomic E-state index is 11.5. The van der Waals surface area contributed by atoms with Crippen LogP contribution in [-0.2, 0) is 0 Å². The molecule has 0 radical (unpaired) electrons. The number of pyridine rings is 1. The van der Waals surface area contributed by atoms with Gasteiger partial charge < -0.3 is 14.4 Å². The van der Waals surface area contributed by atoms with Crippen molar-refractivity contribution in [3.05, 3.63) is 212 Å². The van der Waals surface area contributed by atoms with Crippen molar-refractivity contribution in [2.24, 2.45) is 0 Å². The number of imidazole rings is 1. The van der Waals surface area contributed by atoms with Crippen molar-refractivity contribution in [2.75, 3.05) is 4.90 Å². The van der Waals surface area contributed by atoms with E-state index in [0.29, 0.717) is 22.7 Å². The molecule has 60 heavy (non-hydrogen) atoms. The molecule has 0 amide bonds. The van der Waals surface area contributed by atoms with E-state index in [1.807, 2.05) is 84.9 Å². The maximum Gasteiger partial charge on any atom is 0.161 e. The zero-order valence-corrected chi connectivity index (χ0v) is 32.4. The van der Waals surface area contributed by atoms with E-state index in [2.05, 4.69) is 131 Å². The van der Waals surface area contributed by atoms with Crippen molar-refractivity contribution in [2.45, 2.75) is 0 Å². The number of phenols is 1. The number of para-hydroxylation sites is 5. The van der Waals surface area contributed by atoms with Crippen LogP contribution in [0.25, 0.3) is 83.7 Å². The number of anilines is 3. The van der Waals surface area contributed by atoms with Crippen molar-refractivity contribution in [3.63, 3.8) is 0 Å². The highest BCUT2D eigenvalue weighted by molar-refractivity contribution is 6.12. The second kappa shape index (κ2) is 14.6. The predicted octanol–water partition coefficient (Wildman–Crippen LogP) is 14.2. The number of aromatic hydroxyl groups is 1. The first-order valence-electron chi connectivity index (χ1n) is 20.0. The summed E-state index contributed by atoms with van der Waals surface area (Å²) in [7, 11) is 0. The molecule has 0 aliphatic carbocycles. The Morgan fingerprint density at radius 2 is 1.10 bits per heavy atom. The molecule has 0 saturated heterocycles. The van der Waals surface area contributed by atoms with E-state index in [1.54, 1.807) is 6.07 Å². The van der Waals surface area contributed by atoms with Crippen LogP contribution in [0.5, 0.6) is 5.75 Å². The van der Waals surface area contributed by atoms with Crippen molar-refractivity contribution in [3.8, 4) is 56.5 Å². The number of hydrogen-bond donors (Lipinski definition) is 1. The lowest BCUT2D eigenvalue weighted by molar-refractivity contribution is 0.477. The molecule has 0 fully saturated rings. The van der Waals surface area contributed by atoms with Crippen molar-refractivity contribution in [1.82, 2.24) is 14.5 Å². The van der Waals surface area contributed by atoms with Gasteiger partial charge in [0.25, 0.3) is 0 Å². The molecule has 8 aromatic carbocycles. The fourth-order valence-electron chi connectivity index (χ4n) is 8.30. The van der Waals surface area contributed by atoms with E-state index >= 15 is 0 Å². The van der Waals surface area contributed by atoms with E-state index in [4.69, 9.17) is 14.4 Å². The Morgan fingerprint density at radius 3 is 1.85 bits per heavy atom. The largest absolute Gasteiger partial charge is 0.507 e. The Bertz CT molecular complexity index is 3280. The molecule has 6 nitrogen and oxygen atoms in total. The minimum Gasteiger partial charge on any atom is -0.507 e. The third kappa shape index (κ3) is 6.06. The number of fused-ring (bicyclic) bond motifs is 4. The second-order valence-corrected chi connectivity index (χ2v) is 14.8. The van der Waals surface area contributed by atoms with Crippen LogP contribution in [0.15, 0.2) is 217 Å². The van der Waals surface area contributed by atoms with Crippen LogP contribution in [0.2, 0.25) is 0 Å². The molecule has 0 bridgehead atoms. The van der Waals surface area contributed by atoms with E-state index in [9.17, 15) is 5.11 Å². The van der Waals surface area contributed by atoms with Crippen LogP contribution in [-0.4, -0.2) is 19.6 Å². The van der Waals surface area contributed by atoms with Gasteiger partial charge in [0, 0.05) is 44.6 Å². The normalized spacial score (nSPS) is 11.4. The number of rotatable bonds is 8. The van der Waals surface area contributed by atoms with Crippen LogP contribution in [0.1, 0.15) is 0 Å². The highest BCUT2D eigenvalue weighted by atomic mass is 16.3. The number of hydrogen-bond acceptors (Lipinski definition) is 5. The van der Waals surface area contributed by atoms with Crippen LogP contribution < -0.4 is 4.90 Å². The molecule has 0 aliphatic rings. The van der Waals surface area contributed by atoms with Gasteiger partial charge in [0.2, 0.25) is 0 Å². The number of phenolic OH excluding ortho intramolecular Hbond substituents is 1. The molecule has 3 heterocycles. The van der Waals surface area contributed by atoms with Gasteiger partial charge in [-0.15, -0.1) is 0 Å². The van der Waals surface area contributed by atoms with E-state index < -0.39 is 0 Å². The third-order valence-corrected chi connectivity index (χ3v) is 11.1. The lowest BCUT2D eigenvalue weighted by Crippen LogP contribution is -2.09. The van der Waals surface area contributed by atoms with Gasteiger partial charge in [-0.25, -0.2) is 9.97 Å². The van der Waals surface area contributed by atoms with Crippen molar-refractivity contribution in [1.29, 1.82) is 0 Å². The summed E-state index contributed by atoms with van der Waals surface area (Å²) in [6.07, 6.45) is 0. The Hall–Kier alpha value is -8.22. The summed E-state index contributed by atoms with van der Waals surface area (Å²) in [6, 6.07) is 71.9. The number of aromatic nitrogens is 3. The Morgan fingerprint density at radius 1 is 0.467 bits per heavy atom. The summed E-state index contributed by atoms with van der Waals surface area (Å²) >= 11 is 0. The number of nitrogens with zero attached hydrogens (tertiary/aromatic N) is 4. The fourth-order valence-corrected chi connectivity index (χ4v) is 8.30. The summed E-state index contributed by atoms with van der Waals surface area (Å²) < 4.78 is 8.82. The van der Waals surface area contributed by atoms with Gasteiger partial charge in [0.1, 0.15) is 22.9 Å². The van der Waals surface area contributed by atoms with Gasteiger partial charge >= 0.3 is 0 Å². The zero-order chi connectivity index (χ0) is 40.0. The lowest BCUT2D eigenvalue weighted by Gasteiger charge is -2.25. The van der Waals surface area contributed by atoms with Crippen LogP contribution in [0, 0.1) is 0 Å². The fraction of sp³-hybridized carbons (Fsp3) is 0. The monoisotopic (exact) mass is 772 g/mol. The van der Waals surface area contributed by atoms with E-state index in [-0.39, 0.29) is 5.75 Å². The van der Waals surface area contributed by atoms with Crippen molar-refractivity contribution >= 4 is 50.0 Å². The molecule has 6 heteroatoms. The van der Waals surface area contributed by atoms with Gasteiger partial charge in [-0.3, -0.25) is 4.57 Å². The Kier molecular flexibility index (Phi) is 8.52. The summed E-state index contributed by atoms with van der Waals surface area (Å²) in [4.78, 5) is 13.2. The minimum atomic E-state index is 0.142. The first kappa shape index (κ1) is 35.0. The third-order valence-electron chi connectivity index (χ3n) is 11.1. The van der Waals surface area contributed by atoms with Gasteiger partial charge in [0.15, 0.2) is 5.58 Å².